The molecule has 0 saturated carbocycles. The van der Waals surface area contributed by atoms with E-state index in [4.69, 9.17) is 5.73 Å². The van der Waals surface area contributed by atoms with E-state index in [2.05, 4.69) is 0 Å². The van der Waals surface area contributed by atoms with Crippen molar-refractivity contribution in [3.05, 3.63) is 33.4 Å². The van der Waals surface area contributed by atoms with E-state index in [-0.39, 0.29) is 0 Å². The summed E-state index contributed by atoms with van der Waals surface area (Å²) in [5.41, 5.74) is 5.37. The smallest absolute Gasteiger partial charge is 0.249 e. The Hall–Kier alpha value is -0.660. The van der Waals surface area contributed by atoms with Crippen LogP contribution in [-0.4, -0.2) is 22.2 Å². The molecule has 1 rings (SSSR count). The maximum absolute atomic E-state index is 10.6. The van der Waals surface area contributed by atoms with E-state index >= 15 is 0 Å². The normalized spacial score (nSPS) is 14.8. The standard InChI is InChI=1S/C9H10INO3/c10-6-4-2-1-3-5(6)7(12)8(13)9(11)14/h1-4,7-8,12-13H,(H2,11,14). The lowest BCUT2D eigenvalue weighted by atomic mass is 10.0. The van der Waals surface area contributed by atoms with Crippen LogP contribution >= 0.6 is 22.6 Å². The van der Waals surface area contributed by atoms with Crippen LogP contribution < -0.4 is 5.73 Å². The summed E-state index contributed by atoms with van der Waals surface area (Å²) >= 11 is 2.01. The van der Waals surface area contributed by atoms with Gasteiger partial charge >= 0.3 is 0 Å². The van der Waals surface area contributed by atoms with Crippen molar-refractivity contribution in [2.24, 2.45) is 5.73 Å². The molecule has 14 heavy (non-hydrogen) atoms. The summed E-state index contributed by atoms with van der Waals surface area (Å²) in [5.74, 6) is -0.933. The van der Waals surface area contributed by atoms with Gasteiger partial charge in [-0.15, -0.1) is 0 Å². The largest absolute Gasteiger partial charge is 0.385 e. The highest BCUT2D eigenvalue weighted by Gasteiger charge is 2.24. The summed E-state index contributed by atoms with van der Waals surface area (Å²) in [5, 5.41) is 18.8. The summed E-state index contributed by atoms with van der Waals surface area (Å²) in [6, 6.07) is 6.93. The number of aliphatic hydroxyl groups excluding tert-OH is 2. The predicted octanol–water partition coefficient (Wildman–Crippen LogP) is 0.171. The van der Waals surface area contributed by atoms with Gasteiger partial charge in [-0.1, -0.05) is 18.2 Å². The van der Waals surface area contributed by atoms with Gasteiger partial charge in [-0.3, -0.25) is 4.79 Å². The van der Waals surface area contributed by atoms with Crippen molar-refractivity contribution in [1.29, 1.82) is 0 Å². The zero-order chi connectivity index (χ0) is 10.7. The van der Waals surface area contributed by atoms with Crippen LogP contribution in [0.2, 0.25) is 0 Å². The van der Waals surface area contributed by atoms with Crippen molar-refractivity contribution >= 4 is 28.5 Å². The van der Waals surface area contributed by atoms with Crippen molar-refractivity contribution in [3.63, 3.8) is 0 Å². The number of aliphatic hydroxyl groups is 2. The Balaban J connectivity index is 2.94. The number of hydrogen-bond acceptors (Lipinski definition) is 3. The molecule has 76 valence electrons. The second-order valence-corrected chi connectivity index (χ2v) is 3.98. The van der Waals surface area contributed by atoms with Crippen LogP contribution in [0.5, 0.6) is 0 Å². The molecule has 1 aromatic carbocycles. The zero-order valence-electron chi connectivity index (χ0n) is 7.22. The summed E-state index contributed by atoms with van der Waals surface area (Å²) in [7, 11) is 0. The zero-order valence-corrected chi connectivity index (χ0v) is 9.38. The highest BCUT2D eigenvalue weighted by atomic mass is 127. The first-order valence-electron chi connectivity index (χ1n) is 3.94. The lowest BCUT2D eigenvalue weighted by Crippen LogP contribution is -2.34. The third kappa shape index (κ3) is 2.43. The van der Waals surface area contributed by atoms with E-state index in [0.29, 0.717) is 5.56 Å². The van der Waals surface area contributed by atoms with Gasteiger partial charge in [0, 0.05) is 3.57 Å². The van der Waals surface area contributed by atoms with Gasteiger partial charge in [-0.25, -0.2) is 0 Å². The van der Waals surface area contributed by atoms with Gasteiger partial charge in [0.2, 0.25) is 5.91 Å². The van der Waals surface area contributed by atoms with Crippen LogP contribution in [0.1, 0.15) is 11.7 Å². The molecule has 0 aromatic heterocycles. The molecular weight excluding hydrogens is 297 g/mol. The van der Waals surface area contributed by atoms with Crippen molar-refractivity contribution in [1.82, 2.24) is 0 Å². The SMILES string of the molecule is NC(=O)C(O)C(O)c1ccccc1I. The molecule has 0 aliphatic heterocycles. The molecule has 0 saturated heterocycles. The van der Waals surface area contributed by atoms with Gasteiger partial charge in [-0.2, -0.15) is 0 Å². The maximum atomic E-state index is 10.6. The van der Waals surface area contributed by atoms with Crippen molar-refractivity contribution in [2.45, 2.75) is 12.2 Å². The van der Waals surface area contributed by atoms with Crippen LogP contribution in [0.15, 0.2) is 24.3 Å². The number of nitrogens with two attached hydrogens (primary N) is 1. The van der Waals surface area contributed by atoms with Crippen LogP contribution in [-0.2, 0) is 4.79 Å². The molecule has 0 spiro atoms. The Morgan fingerprint density at radius 3 is 2.43 bits per heavy atom. The minimum Gasteiger partial charge on any atom is -0.385 e. The van der Waals surface area contributed by atoms with Crippen molar-refractivity contribution in [3.8, 4) is 0 Å². The van der Waals surface area contributed by atoms with E-state index in [1.165, 1.54) is 0 Å². The van der Waals surface area contributed by atoms with Gasteiger partial charge in [0.05, 0.1) is 0 Å². The number of primary amides is 1. The third-order valence-electron chi connectivity index (χ3n) is 1.81. The van der Waals surface area contributed by atoms with Crippen LogP contribution in [0.25, 0.3) is 0 Å². The Kier molecular flexibility index (Phi) is 3.85. The number of halogens is 1. The molecule has 0 aliphatic carbocycles. The molecular formula is C9H10INO3. The van der Waals surface area contributed by atoms with E-state index < -0.39 is 18.1 Å². The lowest BCUT2D eigenvalue weighted by molar-refractivity contribution is -0.132. The van der Waals surface area contributed by atoms with Crippen LogP contribution in [0.4, 0.5) is 0 Å². The number of rotatable bonds is 3. The maximum Gasteiger partial charge on any atom is 0.249 e. The molecule has 2 atom stereocenters. The number of benzene rings is 1. The van der Waals surface area contributed by atoms with Gasteiger partial charge < -0.3 is 15.9 Å². The summed E-state index contributed by atoms with van der Waals surface area (Å²) in [4.78, 5) is 10.6. The van der Waals surface area contributed by atoms with Crippen LogP contribution in [0.3, 0.4) is 0 Å². The molecule has 0 aliphatic rings. The molecule has 0 fully saturated rings. The van der Waals surface area contributed by atoms with E-state index in [0.717, 1.165) is 3.57 Å². The number of carbonyl (C=O) groups excluding carboxylic acids is 1. The van der Waals surface area contributed by atoms with E-state index in [1.54, 1.807) is 24.3 Å². The van der Waals surface area contributed by atoms with E-state index in [9.17, 15) is 15.0 Å². The molecule has 2 unspecified atom stereocenters. The number of carbonyl (C=O) groups is 1. The first kappa shape index (κ1) is 11.4. The predicted molar refractivity (Wildman–Crippen MR) is 59.3 cm³/mol. The Morgan fingerprint density at radius 2 is 1.93 bits per heavy atom. The fourth-order valence-corrected chi connectivity index (χ4v) is 1.75. The number of hydrogen-bond donors (Lipinski definition) is 3. The average molecular weight is 307 g/mol. The summed E-state index contributed by atoms with van der Waals surface area (Å²) in [6.45, 7) is 0. The van der Waals surface area contributed by atoms with Crippen molar-refractivity contribution in [2.75, 3.05) is 0 Å². The Labute approximate surface area is 94.9 Å². The molecule has 0 radical (unpaired) electrons. The minimum absolute atomic E-state index is 0.499. The Bertz CT molecular complexity index is 343. The molecule has 0 heterocycles. The second kappa shape index (κ2) is 4.72. The van der Waals surface area contributed by atoms with Crippen LogP contribution in [0, 0.1) is 3.57 Å². The first-order valence-corrected chi connectivity index (χ1v) is 5.01. The molecule has 5 heteroatoms. The molecule has 1 amide bonds. The van der Waals surface area contributed by atoms with Crippen molar-refractivity contribution < 1.29 is 15.0 Å². The number of amides is 1. The fraction of sp³-hybridized carbons (Fsp3) is 0.222. The van der Waals surface area contributed by atoms with Gasteiger partial charge in [0.1, 0.15) is 6.10 Å². The quantitative estimate of drug-likeness (QED) is 0.696. The first-order chi connectivity index (χ1) is 6.54. The molecule has 1 aromatic rings. The highest BCUT2D eigenvalue weighted by Crippen LogP contribution is 2.22. The van der Waals surface area contributed by atoms with Gasteiger partial charge in [0.25, 0.3) is 0 Å². The van der Waals surface area contributed by atoms with Gasteiger partial charge in [0.15, 0.2) is 6.10 Å². The highest BCUT2D eigenvalue weighted by molar-refractivity contribution is 14.1. The summed E-state index contributed by atoms with van der Waals surface area (Å²) in [6.07, 6.45) is -2.83. The second-order valence-electron chi connectivity index (χ2n) is 2.81. The summed E-state index contributed by atoms with van der Waals surface area (Å²) < 4.78 is 0.776. The third-order valence-corrected chi connectivity index (χ3v) is 2.80. The minimum atomic E-state index is -1.56. The topological polar surface area (TPSA) is 83.6 Å². The fourth-order valence-electron chi connectivity index (χ4n) is 1.04. The molecule has 0 bridgehead atoms. The van der Waals surface area contributed by atoms with E-state index in [1.807, 2.05) is 22.6 Å². The van der Waals surface area contributed by atoms with Gasteiger partial charge in [-0.05, 0) is 34.2 Å². The molecule has 4 N–H and O–H groups in total. The molecule has 4 nitrogen and oxygen atoms in total. The lowest BCUT2D eigenvalue weighted by Gasteiger charge is -2.16. The monoisotopic (exact) mass is 307 g/mol. The average Bonchev–Trinajstić information content (AvgIpc) is 2.16. The Morgan fingerprint density at radius 1 is 1.36 bits per heavy atom.